The Morgan fingerprint density at radius 2 is 2.18 bits per heavy atom. The summed E-state index contributed by atoms with van der Waals surface area (Å²) in [6.07, 6.45) is 2.35. The Morgan fingerprint density at radius 3 is 2.76 bits per heavy atom. The number of nitrogens with zero attached hydrogens (tertiary/aromatic N) is 1. The maximum absolute atomic E-state index is 11.7. The molecule has 0 spiro atoms. The van der Waals surface area contributed by atoms with E-state index in [1.54, 1.807) is 17.3 Å². The second kappa shape index (κ2) is 5.84. The monoisotopic (exact) mass is 264 g/mol. The van der Waals surface area contributed by atoms with Gasteiger partial charge in [0.2, 0.25) is 5.91 Å². The minimum Gasteiger partial charge on any atom is -0.326 e. The van der Waals surface area contributed by atoms with Gasteiger partial charge in [0.15, 0.2) is 0 Å². The average Bonchev–Trinajstić information content (AvgIpc) is 2.82. The summed E-state index contributed by atoms with van der Waals surface area (Å²) in [5.74, 6) is -0.0344. The van der Waals surface area contributed by atoms with E-state index in [0.717, 1.165) is 11.4 Å². The standard InChI is InChI=1S/C12H12N2OS2/c1-16-11-4-2-9(3-5-11)14-12(15)6-10-7-17-8-13-10/h2-5,7-8H,6H2,1H3,(H,14,15). The Hall–Kier alpha value is -1.33. The third-order valence-electron chi connectivity index (χ3n) is 2.20. The molecule has 3 nitrogen and oxygen atoms in total. The Kier molecular flexibility index (Phi) is 4.17. The number of thiazole rings is 1. The number of carbonyl (C=O) groups is 1. The first-order valence-electron chi connectivity index (χ1n) is 5.09. The second-order valence-corrected chi connectivity index (χ2v) is 5.03. The van der Waals surface area contributed by atoms with Crippen molar-refractivity contribution in [2.24, 2.45) is 0 Å². The maximum Gasteiger partial charge on any atom is 0.230 e. The van der Waals surface area contributed by atoms with Crippen molar-refractivity contribution in [2.75, 3.05) is 11.6 Å². The molecule has 2 rings (SSSR count). The first kappa shape index (κ1) is 12.1. The van der Waals surface area contributed by atoms with Crippen molar-refractivity contribution in [3.05, 3.63) is 40.8 Å². The van der Waals surface area contributed by atoms with Crippen molar-refractivity contribution in [3.63, 3.8) is 0 Å². The van der Waals surface area contributed by atoms with E-state index in [9.17, 15) is 4.79 Å². The van der Waals surface area contributed by atoms with Gasteiger partial charge in [0, 0.05) is 16.0 Å². The molecule has 1 heterocycles. The molecule has 0 aliphatic rings. The van der Waals surface area contributed by atoms with Gasteiger partial charge < -0.3 is 5.32 Å². The van der Waals surface area contributed by atoms with Crippen LogP contribution in [0.3, 0.4) is 0 Å². The smallest absolute Gasteiger partial charge is 0.230 e. The van der Waals surface area contributed by atoms with Gasteiger partial charge in [-0.15, -0.1) is 23.1 Å². The van der Waals surface area contributed by atoms with Crippen molar-refractivity contribution < 1.29 is 4.79 Å². The number of thioether (sulfide) groups is 1. The number of amides is 1. The molecule has 0 aliphatic heterocycles. The van der Waals surface area contributed by atoms with E-state index < -0.39 is 0 Å². The molecule has 1 aromatic heterocycles. The van der Waals surface area contributed by atoms with Crippen molar-refractivity contribution in [2.45, 2.75) is 11.3 Å². The van der Waals surface area contributed by atoms with Crippen molar-refractivity contribution in [1.29, 1.82) is 0 Å². The number of hydrogen-bond donors (Lipinski definition) is 1. The summed E-state index contributed by atoms with van der Waals surface area (Å²) in [4.78, 5) is 16.9. The molecule has 0 saturated carbocycles. The minimum atomic E-state index is -0.0344. The van der Waals surface area contributed by atoms with Gasteiger partial charge >= 0.3 is 0 Å². The van der Waals surface area contributed by atoms with Crippen LogP contribution in [0.25, 0.3) is 0 Å². The Balaban J connectivity index is 1.93. The lowest BCUT2D eigenvalue weighted by atomic mass is 10.3. The van der Waals surface area contributed by atoms with E-state index in [2.05, 4.69) is 10.3 Å². The van der Waals surface area contributed by atoms with Crippen molar-refractivity contribution >= 4 is 34.7 Å². The number of anilines is 1. The van der Waals surface area contributed by atoms with Crippen LogP contribution in [0, 0.1) is 0 Å². The Morgan fingerprint density at radius 1 is 1.41 bits per heavy atom. The SMILES string of the molecule is CSc1ccc(NC(=O)Cc2cscn2)cc1. The molecular formula is C12H12N2OS2. The summed E-state index contributed by atoms with van der Waals surface area (Å²) >= 11 is 3.18. The molecule has 0 unspecified atom stereocenters. The number of aromatic nitrogens is 1. The molecule has 0 radical (unpaired) electrons. The van der Waals surface area contributed by atoms with E-state index in [0.29, 0.717) is 6.42 Å². The number of benzene rings is 1. The Labute approximate surface area is 108 Å². The van der Waals surface area contributed by atoms with Crippen LogP contribution >= 0.6 is 23.1 Å². The summed E-state index contributed by atoms with van der Waals surface area (Å²) in [7, 11) is 0. The van der Waals surface area contributed by atoms with E-state index in [1.807, 2.05) is 35.9 Å². The van der Waals surface area contributed by atoms with E-state index in [4.69, 9.17) is 0 Å². The number of rotatable bonds is 4. The van der Waals surface area contributed by atoms with Crippen LogP contribution in [0.5, 0.6) is 0 Å². The predicted molar refractivity (Wildman–Crippen MR) is 72.7 cm³/mol. The van der Waals surface area contributed by atoms with Gasteiger partial charge in [-0.3, -0.25) is 4.79 Å². The minimum absolute atomic E-state index is 0.0344. The molecule has 0 atom stereocenters. The van der Waals surface area contributed by atoms with Crippen LogP contribution in [0.2, 0.25) is 0 Å². The normalized spacial score (nSPS) is 10.2. The topological polar surface area (TPSA) is 42.0 Å². The van der Waals surface area contributed by atoms with Crippen molar-refractivity contribution in [1.82, 2.24) is 4.98 Å². The quantitative estimate of drug-likeness (QED) is 0.863. The predicted octanol–water partition coefficient (Wildman–Crippen LogP) is 3.05. The summed E-state index contributed by atoms with van der Waals surface area (Å²) in [6.45, 7) is 0. The van der Waals surface area contributed by atoms with E-state index in [-0.39, 0.29) is 5.91 Å². The van der Waals surface area contributed by atoms with Gasteiger partial charge in [-0.25, -0.2) is 4.98 Å². The first-order chi connectivity index (χ1) is 8.28. The fourth-order valence-corrected chi connectivity index (χ4v) is 2.34. The second-order valence-electron chi connectivity index (χ2n) is 3.43. The lowest BCUT2D eigenvalue weighted by Gasteiger charge is -2.04. The molecule has 0 saturated heterocycles. The van der Waals surface area contributed by atoms with Gasteiger partial charge in [-0.2, -0.15) is 0 Å². The third-order valence-corrected chi connectivity index (χ3v) is 3.58. The fourth-order valence-electron chi connectivity index (χ4n) is 1.37. The number of nitrogens with one attached hydrogen (secondary N) is 1. The average molecular weight is 264 g/mol. The molecule has 0 bridgehead atoms. The van der Waals surface area contributed by atoms with Crippen LogP contribution < -0.4 is 5.32 Å². The van der Waals surface area contributed by atoms with Crippen LogP contribution in [-0.4, -0.2) is 17.1 Å². The van der Waals surface area contributed by atoms with Gasteiger partial charge in [-0.05, 0) is 30.5 Å². The first-order valence-corrected chi connectivity index (χ1v) is 7.25. The van der Waals surface area contributed by atoms with Gasteiger partial charge in [0.1, 0.15) is 0 Å². The molecule has 2 aromatic rings. The zero-order valence-electron chi connectivity index (χ0n) is 9.34. The third kappa shape index (κ3) is 3.57. The molecular weight excluding hydrogens is 252 g/mol. The summed E-state index contributed by atoms with van der Waals surface area (Å²) in [6, 6.07) is 7.79. The molecule has 1 N–H and O–H groups in total. The molecule has 17 heavy (non-hydrogen) atoms. The lowest BCUT2D eigenvalue weighted by molar-refractivity contribution is -0.115. The number of hydrogen-bond acceptors (Lipinski definition) is 4. The van der Waals surface area contributed by atoms with E-state index in [1.165, 1.54) is 16.2 Å². The van der Waals surface area contributed by atoms with Gasteiger partial charge in [-0.1, -0.05) is 0 Å². The highest BCUT2D eigenvalue weighted by molar-refractivity contribution is 7.98. The van der Waals surface area contributed by atoms with E-state index >= 15 is 0 Å². The fraction of sp³-hybridized carbons (Fsp3) is 0.167. The zero-order valence-corrected chi connectivity index (χ0v) is 11.0. The maximum atomic E-state index is 11.7. The Bertz CT molecular complexity index is 480. The molecule has 0 aliphatic carbocycles. The zero-order chi connectivity index (χ0) is 12.1. The van der Waals surface area contributed by atoms with Crippen LogP contribution in [0.1, 0.15) is 5.69 Å². The number of carbonyl (C=O) groups excluding carboxylic acids is 1. The highest BCUT2D eigenvalue weighted by Gasteiger charge is 2.05. The molecule has 1 amide bonds. The highest BCUT2D eigenvalue weighted by Crippen LogP contribution is 2.17. The molecule has 1 aromatic carbocycles. The summed E-state index contributed by atoms with van der Waals surface area (Å²) < 4.78 is 0. The highest BCUT2D eigenvalue weighted by atomic mass is 32.2. The summed E-state index contributed by atoms with van der Waals surface area (Å²) in [5.41, 5.74) is 3.37. The van der Waals surface area contributed by atoms with Crippen LogP contribution in [0.4, 0.5) is 5.69 Å². The molecule has 0 fully saturated rings. The largest absolute Gasteiger partial charge is 0.326 e. The summed E-state index contributed by atoms with van der Waals surface area (Å²) in [5, 5.41) is 4.73. The lowest BCUT2D eigenvalue weighted by Crippen LogP contribution is -2.14. The van der Waals surface area contributed by atoms with Gasteiger partial charge in [0.25, 0.3) is 0 Å². The molecule has 88 valence electrons. The van der Waals surface area contributed by atoms with Crippen LogP contribution in [0.15, 0.2) is 40.1 Å². The molecule has 5 heteroatoms. The van der Waals surface area contributed by atoms with Crippen LogP contribution in [-0.2, 0) is 11.2 Å². The van der Waals surface area contributed by atoms with Gasteiger partial charge in [0.05, 0.1) is 17.6 Å². The van der Waals surface area contributed by atoms with Crippen molar-refractivity contribution in [3.8, 4) is 0 Å².